The Morgan fingerprint density at radius 3 is 2.60 bits per heavy atom. The van der Waals surface area contributed by atoms with Crippen LogP contribution in [0, 0.1) is 10.1 Å². The Morgan fingerprint density at radius 1 is 1.40 bits per heavy atom. The first-order chi connectivity index (χ1) is 9.49. The third-order valence-electron chi connectivity index (χ3n) is 3.01. The van der Waals surface area contributed by atoms with E-state index in [1.807, 2.05) is 13.8 Å². The Bertz CT molecular complexity index is 490. The predicted molar refractivity (Wildman–Crippen MR) is 78.2 cm³/mol. The standard InChI is InChI=1S/C13H18ClN3O3/c1-3-16(4-2)8-7-15-13(18)11-9-10(14)5-6-12(11)17(19)20/h5-6,9H,3-4,7-8H2,1-2H3,(H,15,18). The summed E-state index contributed by atoms with van der Waals surface area (Å²) in [5.41, 5.74) is -0.253. The number of carbonyl (C=O) groups excluding carboxylic acids is 1. The average molecular weight is 300 g/mol. The van der Waals surface area contributed by atoms with Crippen molar-refractivity contribution in [2.24, 2.45) is 0 Å². The highest BCUT2D eigenvalue weighted by Crippen LogP contribution is 2.22. The summed E-state index contributed by atoms with van der Waals surface area (Å²) in [6.45, 7) is 6.99. The molecule has 1 aromatic carbocycles. The van der Waals surface area contributed by atoms with Crippen LogP contribution < -0.4 is 5.32 Å². The molecule has 6 nitrogen and oxygen atoms in total. The molecule has 0 saturated heterocycles. The van der Waals surface area contributed by atoms with Crippen LogP contribution in [0.1, 0.15) is 24.2 Å². The number of nitro benzene ring substituents is 1. The summed E-state index contributed by atoms with van der Waals surface area (Å²) in [6, 6.07) is 3.94. The molecule has 7 heteroatoms. The summed E-state index contributed by atoms with van der Waals surface area (Å²) >= 11 is 5.78. The van der Waals surface area contributed by atoms with Crippen LogP contribution in [-0.4, -0.2) is 41.9 Å². The second-order valence-corrected chi connectivity index (χ2v) is 4.64. The molecule has 0 aromatic heterocycles. The van der Waals surface area contributed by atoms with Crippen LogP contribution in [0.15, 0.2) is 18.2 Å². The highest BCUT2D eigenvalue weighted by Gasteiger charge is 2.20. The molecule has 0 heterocycles. The van der Waals surface area contributed by atoms with Crippen LogP contribution in [0.2, 0.25) is 5.02 Å². The molecule has 0 saturated carbocycles. The van der Waals surface area contributed by atoms with Gasteiger partial charge in [0.2, 0.25) is 0 Å². The van der Waals surface area contributed by atoms with Gasteiger partial charge >= 0.3 is 0 Å². The average Bonchev–Trinajstić information content (AvgIpc) is 2.43. The van der Waals surface area contributed by atoms with Crippen molar-refractivity contribution in [1.82, 2.24) is 10.2 Å². The number of hydrogen-bond acceptors (Lipinski definition) is 4. The topological polar surface area (TPSA) is 75.5 Å². The molecule has 1 aromatic rings. The van der Waals surface area contributed by atoms with E-state index in [0.29, 0.717) is 18.1 Å². The van der Waals surface area contributed by atoms with Gasteiger partial charge in [0, 0.05) is 24.2 Å². The number of benzene rings is 1. The van der Waals surface area contributed by atoms with Gasteiger partial charge in [-0.25, -0.2) is 0 Å². The second-order valence-electron chi connectivity index (χ2n) is 4.20. The van der Waals surface area contributed by atoms with Gasteiger partial charge in [-0.05, 0) is 25.2 Å². The van der Waals surface area contributed by atoms with Crippen molar-refractivity contribution in [3.63, 3.8) is 0 Å². The van der Waals surface area contributed by atoms with Crippen molar-refractivity contribution in [2.45, 2.75) is 13.8 Å². The summed E-state index contributed by atoms with van der Waals surface area (Å²) in [5, 5.41) is 13.9. The van der Waals surface area contributed by atoms with Crippen molar-refractivity contribution in [3.05, 3.63) is 38.9 Å². The molecule has 0 bridgehead atoms. The largest absolute Gasteiger partial charge is 0.351 e. The monoisotopic (exact) mass is 299 g/mol. The smallest absolute Gasteiger partial charge is 0.282 e. The molecule has 0 aliphatic heterocycles. The number of likely N-dealkylation sites (N-methyl/N-ethyl adjacent to an activating group) is 1. The molecule has 0 radical (unpaired) electrons. The lowest BCUT2D eigenvalue weighted by Gasteiger charge is -2.17. The zero-order valence-corrected chi connectivity index (χ0v) is 12.3. The van der Waals surface area contributed by atoms with Crippen molar-refractivity contribution in [3.8, 4) is 0 Å². The lowest BCUT2D eigenvalue weighted by atomic mass is 10.1. The minimum absolute atomic E-state index is 0.0120. The Morgan fingerprint density at radius 2 is 2.05 bits per heavy atom. The summed E-state index contributed by atoms with van der Waals surface area (Å²) in [4.78, 5) is 24.4. The number of nitrogens with zero attached hydrogens (tertiary/aromatic N) is 2. The van der Waals surface area contributed by atoms with E-state index in [9.17, 15) is 14.9 Å². The van der Waals surface area contributed by atoms with Crippen LogP contribution >= 0.6 is 11.6 Å². The number of carbonyl (C=O) groups is 1. The Kier molecular flexibility index (Phi) is 6.41. The molecule has 20 heavy (non-hydrogen) atoms. The SMILES string of the molecule is CCN(CC)CCNC(=O)c1cc(Cl)ccc1[N+](=O)[O-]. The zero-order valence-electron chi connectivity index (χ0n) is 11.6. The van der Waals surface area contributed by atoms with Gasteiger partial charge in [-0.3, -0.25) is 14.9 Å². The van der Waals surface area contributed by atoms with Gasteiger partial charge in [0.25, 0.3) is 11.6 Å². The van der Waals surface area contributed by atoms with E-state index in [-0.39, 0.29) is 11.3 Å². The van der Waals surface area contributed by atoms with Gasteiger partial charge < -0.3 is 10.2 Å². The maximum absolute atomic E-state index is 12.0. The molecule has 0 aliphatic rings. The summed E-state index contributed by atoms with van der Waals surface area (Å²) < 4.78 is 0. The van der Waals surface area contributed by atoms with E-state index in [4.69, 9.17) is 11.6 Å². The van der Waals surface area contributed by atoms with Crippen molar-refractivity contribution < 1.29 is 9.72 Å². The Balaban J connectivity index is 2.72. The van der Waals surface area contributed by atoms with E-state index < -0.39 is 10.8 Å². The summed E-state index contributed by atoms with van der Waals surface area (Å²) in [6.07, 6.45) is 0. The van der Waals surface area contributed by atoms with Crippen molar-refractivity contribution >= 4 is 23.2 Å². The lowest BCUT2D eigenvalue weighted by molar-refractivity contribution is -0.385. The quantitative estimate of drug-likeness (QED) is 0.619. The highest BCUT2D eigenvalue weighted by molar-refractivity contribution is 6.31. The van der Waals surface area contributed by atoms with Crippen molar-refractivity contribution in [2.75, 3.05) is 26.2 Å². The summed E-state index contributed by atoms with van der Waals surface area (Å²) in [7, 11) is 0. The minimum atomic E-state index is -0.588. The maximum Gasteiger partial charge on any atom is 0.282 e. The first kappa shape index (κ1) is 16.4. The number of amides is 1. The van der Waals surface area contributed by atoms with Crippen LogP contribution in [-0.2, 0) is 0 Å². The molecule has 0 spiro atoms. The van der Waals surface area contributed by atoms with Gasteiger partial charge in [0.1, 0.15) is 5.56 Å². The second kappa shape index (κ2) is 7.81. The van der Waals surface area contributed by atoms with E-state index in [0.717, 1.165) is 13.1 Å². The van der Waals surface area contributed by atoms with Crippen LogP contribution in [0.3, 0.4) is 0 Å². The first-order valence-electron chi connectivity index (χ1n) is 6.44. The molecule has 0 aliphatic carbocycles. The molecule has 1 N–H and O–H groups in total. The van der Waals surface area contributed by atoms with E-state index in [2.05, 4.69) is 10.2 Å². The van der Waals surface area contributed by atoms with Crippen LogP contribution in [0.25, 0.3) is 0 Å². The molecule has 1 rings (SSSR count). The van der Waals surface area contributed by atoms with E-state index >= 15 is 0 Å². The zero-order chi connectivity index (χ0) is 15.1. The molecular formula is C13H18ClN3O3. The normalized spacial score (nSPS) is 10.6. The fourth-order valence-corrected chi connectivity index (χ4v) is 1.98. The fourth-order valence-electron chi connectivity index (χ4n) is 1.81. The summed E-state index contributed by atoms with van der Waals surface area (Å²) in [5.74, 6) is -0.480. The number of halogens is 1. The Hall–Kier alpha value is -1.66. The van der Waals surface area contributed by atoms with Gasteiger partial charge in [-0.1, -0.05) is 25.4 Å². The number of nitro groups is 1. The van der Waals surface area contributed by atoms with Gasteiger partial charge in [0.05, 0.1) is 4.92 Å². The fraction of sp³-hybridized carbons (Fsp3) is 0.462. The number of rotatable bonds is 7. The minimum Gasteiger partial charge on any atom is -0.351 e. The van der Waals surface area contributed by atoms with E-state index in [1.54, 1.807) is 0 Å². The van der Waals surface area contributed by atoms with Crippen LogP contribution in [0.5, 0.6) is 0 Å². The van der Waals surface area contributed by atoms with Crippen molar-refractivity contribution in [1.29, 1.82) is 0 Å². The molecule has 0 atom stereocenters. The predicted octanol–water partition coefficient (Wildman–Crippen LogP) is 2.32. The molecule has 0 fully saturated rings. The molecule has 110 valence electrons. The molecule has 0 unspecified atom stereocenters. The maximum atomic E-state index is 12.0. The highest BCUT2D eigenvalue weighted by atomic mass is 35.5. The van der Waals surface area contributed by atoms with Crippen LogP contribution in [0.4, 0.5) is 5.69 Å². The Labute approximate surface area is 122 Å². The molecule has 1 amide bonds. The number of hydrogen-bond donors (Lipinski definition) is 1. The number of nitrogens with one attached hydrogen (secondary N) is 1. The van der Waals surface area contributed by atoms with Gasteiger partial charge in [0.15, 0.2) is 0 Å². The van der Waals surface area contributed by atoms with Gasteiger partial charge in [-0.15, -0.1) is 0 Å². The third-order valence-corrected chi connectivity index (χ3v) is 3.24. The first-order valence-corrected chi connectivity index (χ1v) is 6.81. The van der Waals surface area contributed by atoms with E-state index in [1.165, 1.54) is 18.2 Å². The molecular weight excluding hydrogens is 282 g/mol. The third kappa shape index (κ3) is 4.47. The lowest BCUT2D eigenvalue weighted by Crippen LogP contribution is -2.35. The van der Waals surface area contributed by atoms with Gasteiger partial charge in [-0.2, -0.15) is 0 Å².